The highest BCUT2D eigenvalue weighted by molar-refractivity contribution is 5.45. The summed E-state index contributed by atoms with van der Waals surface area (Å²) in [7, 11) is 0. The van der Waals surface area contributed by atoms with Gasteiger partial charge in [0, 0.05) is 13.2 Å². The van der Waals surface area contributed by atoms with E-state index in [-0.39, 0.29) is 18.5 Å². The van der Waals surface area contributed by atoms with Crippen LogP contribution in [0.25, 0.3) is 0 Å². The molecule has 0 spiro atoms. The molecule has 1 fully saturated rings. The van der Waals surface area contributed by atoms with Crippen molar-refractivity contribution in [2.24, 2.45) is 5.92 Å². The number of rotatable bonds is 4. The van der Waals surface area contributed by atoms with Crippen molar-refractivity contribution < 1.29 is 14.2 Å². The van der Waals surface area contributed by atoms with Gasteiger partial charge in [0.25, 0.3) is 0 Å². The van der Waals surface area contributed by atoms with Crippen LogP contribution >= 0.6 is 0 Å². The molecule has 3 nitrogen and oxygen atoms in total. The monoisotopic (exact) mass is 239 g/mol. The minimum atomic E-state index is -0.280. The van der Waals surface area contributed by atoms with Gasteiger partial charge in [-0.05, 0) is 30.9 Å². The van der Waals surface area contributed by atoms with Crippen LogP contribution in [0.1, 0.15) is 12.8 Å². The maximum atomic E-state index is 13.5. The number of aliphatic hydroxyl groups is 1. The van der Waals surface area contributed by atoms with Gasteiger partial charge in [-0.2, -0.15) is 0 Å². The highest BCUT2D eigenvalue weighted by Crippen LogP contribution is 2.23. The highest BCUT2D eigenvalue weighted by atomic mass is 19.1. The predicted octanol–water partition coefficient (Wildman–Crippen LogP) is 2.03. The van der Waals surface area contributed by atoms with Crippen molar-refractivity contribution in [1.82, 2.24) is 0 Å². The van der Waals surface area contributed by atoms with Gasteiger partial charge in [0.05, 0.1) is 18.3 Å². The van der Waals surface area contributed by atoms with Crippen LogP contribution in [0.3, 0.4) is 0 Å². The molecule has 1 aromatic carbocycles. The van der Waals surface area contributed by atoms with Crippen molar-refractivity contribution in [2.75, 3.05) is 25.1 Å². The second kappa shape index (κ2) is 5.98. The molecule has 0 aliphatic carbocycles. The minimum absolute atomic E-state index is 0.0129. The van der Waals surface area contributed by atoms with E-state index in [9.17, 15) is 9.50 Å². The summed E-state index contributed by atoms with van der Waals surface area (Å²) in [5, 5.41) is 12.5. The number of halogens is 1. The second-order valence-electron chi connectivity index (χ2n) is 4.36. The Bertz CT molecular complexity index is 353. The minimum Gasteiger partial charge on any atom is -0.394 e. The number of nitrogens with one attached hydrogen (secondary N) is 1. The summed E-state index contributed by atoms with van der Waals surface area (Å²) >= 11 is 0. The van der Waals surface area contributed by atoms with Gasteiger partial charge in [-0.1, -0.05) is 12.1 Å². The van der Waals surface area contributed by atoms with Crippen molar-refractivity contribution in [3.8, 4) is 0 Å². The largest absolute Gasteiger partial charge is 0.394 e. The summed E-state index contributed by atoms with van der Waals surface area (Å²) in [5.74, 6) is 0.0614. The highest BCUT2D eigenvalue weighted by Gasteiger charge is 2.23. The molecular formula is C13H18FNO2. The number of anilines is 1. The third-order valence-electron chi connectivity index (χ3n) is 3.25. The normalized spacial score (nSPS) is 18.9. The van der Waals surface area contributed by atoms with Crippen LogP contribution in [0, 0.1) is 11.7 Å². The van der Waals surface area contributed by atoms with E-state index in [0.717, 1.165) is 26.1 Å². The number of aliphatic hydroxyl groups excluding tert-OH is 1. The van der Waals surface area contributed by atoms with Crippen LogP contribution in [0.15, 0.2) is 24.3 Å². The quantitative estimate of drug-likeness (QED) is 0.844. The van der Waals surface area contributed by atoms with Gasteiger partial charge in [0.1, 0.15) is 5.82 Å². The molecule has 0 radical (unpaired) electrons. The van der Waals surface area contributed by atoms with Gasteiger partial charge in [-0.25, -0.2) is 4.39 Å². The molecule has 0 amide bonds. The van der Waals surface area contributed by atoms with Gasteiger partial charge in [-0.3, -0.25) is 0 Å². The Balaban J connectivity index is 2.01. The van der Waals surface area contributed by atoms with Gasteiger partial charge in [0.15, 0.2) is 0 Å². The molecule has 4 heteroatoms. The zero-order valence-electron chi connectivity index (χ0n) is 9.73. The smallest absolute Gasteiger partial charge is 0.146 e. The molecule has 1 aromatic rings. The Morgan fingerprint density at radius 2 is 2.06 bits per heavy atom. The van der Waals surface area contributed by atoms with Gasteiger partial charge < -0.3 is 15.2 Å². The molecule has 2 rings (SSSR count). The lowest BCUT2D eigenvalue weighted by molar-refractivity contribution is 0.0533. The molecule has 2 N–H and O–H groups in total. The van der Waals surface area contributed by atoms with Gasteiger partial charge in [0.2, 0.25) is 0 Å². The molecule has 0 saturated carbocycles. The van der Waals surface area contributed by atoms with Crippen LogP contribution in [0.4, 0.5) is 10.1 Å². The van der Waals surface area contributed by atoms with Crippen molar-refractivity contribution in [1.29, 1.82) is 0 Å². The number of hydrogen-bond acceptors (Lipinski definition) is 3. The van der Waals surface area contributed by atoms with Crippen molar-refractivity contribution in [3.63, 3.8) is 0 Å². The van der Waals surface area contributed by atoms with E-state index in [1.165, 1.54) is 6.07 Å². The Morgan fingerprint density at radius 3 is 2.71 bits per heavy atom. The van der Waals surface area contributed by atoms with Crippen LogP contribution < -0.4 is 5.32 Å². The lowest BCUT2D eigenvalue weighted by Gasteiger charge is -2.30. The molecule has 0 aromatic heterocycles. The molecule has 1 atom stereocenters. The van der Waals surface area contributed by atoms with E-state index in [0.29, 0.717) is 11.6 Å². The molecule has 1 aliphatic heterocycles. The standard InChI is InChI=1S/C13H18FNO2/c14-11-3-1-2-4-12(11)15-13(9-16)10-5-7-17-8-6-10/h1-4,10,13,15-16H,5-9H2. The lowest BCUT2D eigenvalue weighted by atomic mass is 9.92. The average molecular weight is 239 g/mol. The summed E-state index contributed by atoms with van der Waals surface area (Å²) < 4.78 is 18.8. The Labute approximate surface area is 101 Å². The first kappa shape index (κ1) is 12.3. The molecule has 94 valence electrons. The summed E-state index contributed by atoms with van der Waals surface area (Å²) in [4.78, 5) is 0. The average Bonchev–Trinajstić information content (AvgIpc) is 2.39. The Kier molecular flexibility index (Phi) is 4.34. The van der Waals surface area contributed by atoms with E-state index >= 15 is 0 Å². The molecule has 17 heavy (non-hydrogen) atoms. The predicted molar refractivity (Wildman–Crippen MR) is 64.4 cm³/mol. The van der Waals surface area contributed by atoms with E-state index in [1.54, 1.807) is 18.2 Å². The van der Waals surface area contributed by atoms with E-state index < -0.39 is 0 Å². The van der Waals surface area contributed by atoms with Crippen LogP contribution in [0.2, 0.25) is 0 Å². The summed E-state index contributed by atoms with van der Waals surface area (Å²) in [6.07, 6.45) is 1.82. The zero-order valence-corrected chi connectivity index (χ0v) is 9.73. The molecule has 1 heterocycles. The Morgan fingerprint density at radius 1 is 1.35 bits per heavy atom. The maximum Gasteiger partial charge on any atom is 0.146 e. The molecule has 0 bridgehead atoms. The summed E-state index contributed by atoms with van der Waals surface area (Å²) in [5.41, 5.74) is 0.457. The van der Waals surface area contributed by atoms with Crippen LogP contribution in [0.5, 0.6) is 0 Å². The molecular weight excluding hydrogens is 221 g/mol. The van der Waals surface area contributed by atoms with Crippen molar-refractivity contribution >= 4 is 5.69 Å². The van der Waals surface area contributed by atoms with E-state index in [2.05, 4.69) is 5.32 Å². The van der Waals surface area contributed by atoms with E-state index in [4.69, 9.17) is 4.74 Å². The fourth-order valence-corrected chi connectivity index (χ4v) is 2.21. The lowest BCUT2D eigenvalue weighted by Crippen LogP contribution is -2.36. The van der Waals surface area contributed by atoms with Crippen LogP contribution in [-0.4, -0.2) is 31.0 Å². The van der Waals surface area contributed by atoms with Gasteiger partial charge >= 0.3 is 0 Å². The molecule has 1 aliphatic rings. The number of para-hydroxylation sites is 1. The Hall–Kier alpha value is -1.13. The second-order valence-corrected chi connectivity index (χ2v) is 4.36. The zero-order chi connectivity index (χ0) is 12.1. The third-order valence-corrected chi connectivity index (χ3v) is 3.25. The fourth-order valence-electron chi connectivity index (χ4n) is 2.21. The summed E-state index contributed by atoms with van der Waals surface area (Å²) in [6.45, 7) is 1.46. The summed E-state index contributed by atoms with van der Waals surface area (Å²) in [6, 6.07) is 6.45. The topological polar surface area (TPSA) is 41.5 Å². The maximum absolute atomic E-state index is 13.5. The number of ether oxygens (including phenoxy) is 1. The molecule has 1 saturated heterocycles. The first-order chi connectivity index (χ1) is 8.31. The SMILES string of the molecule is OCC(Nc1ccccc1F)C1CCOCC1. The molecule has 1 unspecified atom stereocenters. The first-order valence-corrected chi connectivity index (χ1v) is 6.01. The number of hydrogen-bond donors (Lipinski definition) is 2. The number of benzene rings is 1. The van der Waals surface area contributed by atoms with Gasteiger partial charge in [-0.15, -0.1) is 0 Å². The van der Waals surface area contributed by atoms with Crippen LogP contribution in [-0.2, 0) is 4.74 Å². The van der Waals surface area contributed by atoms with Crippen molar-refractivity contribution in [3.05, 3.63) is 30.1 Å². The third kappa shape index (κ3) is 3.17. The van der Waals surface area contributed by atoms with Crippen molar-refractivity contribution in [2.45, 2.75) is 18.9 Å². The first-order valence-electron chi connectivity index (χ1n) is 6.01. The van der Waals surface area contributed by atoms with E-state index in [1.807, 2.05) is 0 Å². The fraction of sp³-hybridized carbons (Fsp3) is 0.538.